The molecule has 1 aromatic rings. The van der Waals surface area contributed by atoms with Crippen molar-refractivity contribution >= 4 is 17.4 Å². The molecule has 1 saturated heterocycles. The summed E-state index contributed by atoms with van der Waals surface area (Å²) in [6, 6.07) is 3.95. The van der Waals surface area contributed by atoms with Crippen LogP contribution in [0.2, 0.25) is 5.02 Å². The molecule has 0 amide bonds. The van der Waals surface area contributed by atoms with Gasteiger partial charge in [0.2, 0.25) is 0 Å². The predicted molar refractivity (Wildman–Crippen MR) is 54.1 cm³/mol. The van der Waals surface area contributed by atoms with Crippen molar-refractivity contribution in [1.29, 1.82) is 0 Å². The Morgan fingerprint density at radius 3 is 3.08 bits per heavy atom. The summed E-state index contributed by atoms with van der Waals surface area (Å²) in [5.74, 6) is 0.858. The highest BCUT2D eigenvalue weighted by molar-refractivity contribution is 6.32. The van der Waals surface area contributed by atoms with Gasteiger partial charge in [0, 0.05) is 25.3 Å². The molecule has 70 valence electrons. The highest BCUT2D eigenvalue weighted by Crippen LogP contribution is 2.24. The highest BCUT2D eigenvalue weighted by Gasteiger charge is 2.21. The molecule has 1 aliphatic rings. The fourth-order valence-electron chi connectivity index (χ4n) is 1.59. The van der Waals surface area contributed by atoms with E-state index in [9.17, 15) is 0 Å². The van der Waals surface area contributed by atoms with E-state index in [0.717, 1.165) is 25.3 Å². The summed E-state index contributed by atoms with van der Waals surface area (Å²) in [4.78, 5) is 6.37. The van der Waals surface area contributed by atoms with Gasteiger partial charge >= 0.3 is 0 Å². The monoisotopic (exact) mass is 197 g/mol. The van der Waals surface area contributed by atoms with Crippen LogP contribution < -0.4 is 10.6 Å². The van der Waals surface area contributed by atoms with E-state index in [2.05, 4.69) is 9.88 Å². The van der Waals surface area contributed by atoms with Gasteiger partial charge < -0.3 is 10.6 Å². The van der Waals surface area contributed by atoms with Crippen LogP contribution in [0.4, 0.5) is 5.82 Å². The molecule has 0 spiro atoms. The average Bonchev–Trinajstić information content (AvgIpc) is 2.53. The number of nitrogens with zero attached hydrogens (tertiary/aromatic N) is 2. The first-order chi connectivity index (χ1) is 6.27. The molecule has 1 aromatic heterocycles. The summed E-state index contributed by atoms with van der Waals surface area (Å²) in [7, 11) is 0. The summed E-state index contributed by atoms with van der Waals surface area (Å²) in [6.07, 6.45) is 2.78. The molecule has 0 radical (unpaired) electrons. The lowest BCUT2D eigenvalue weighted by molar-refractivity contribution is 0.751. The van der Waals surface area contributed by atoms with Crippen molar-refractivity contribution in [2.75, 3.05) is 18.0 Å². The Morgan fingerprint density at radius 1 is 1.62 bits per heavy atom. The van der Waals surface area contributed by atoms with E-state index >= 15 is 0 Å². The van der Waals surface area contributed by atoms with E-state index in [1.54, 1.807) is 6.20 Å². The first-order valence-electron chi connectivity index (χ1n) is 4.38. The summed E-state index contributed by atoms with van der Waals surface area (Å²) in [6.45, 7) is 1.81. The van der Waals surface area contributed by atoms with Crippen molar-refractivity contribution in [2.24, 2.45) is 5.73 Å². The van der Waals surface area contributed by atoms with Crippen molar-refractivity contribution in [1.82, 2.24) is 4.98 Å². The summed E-state index contributed by atoms with van der Waals surface area (Å²) < 4.78 is 0. The van der Waals surface area contributed by atoms with Gasteiger partial charge in [0.15, 0.2) is 0 Å². The van der Waals surface area contributed by atoms with Crippen LogP contribution >= 0.6 is 11.6 Å². The van der Waals surface area contributed by atoms with E-state index in [1.807, 2.05) is 12.1 Å². The molecule has 13 heavy (non-hydrogen) atoms. The van der Waals surface area contributed by atoms with E-state index < -0.39 is 0 Å². The molecular formula is C9H12ClN3. The molecule has 3 nitrogen and oxygen atoms in total. The quantitative estimate of drug-likeness (QED) is 0.738. The highest BCUT2D eigenvalue weighted by atomic mass is 35.5. The Labute approximate surface area is 82.5 Å². The molecule has 2 N–H and O–H groups in total. The lowest BCUT2D eigenvalue weighted by Crippen LogP contribution is -2.26. The third-order valence-electron chi connectivity index (χ3n) is 2.26. The van der Waals surface area contributed by atoms with Crippen LogP contribution in [0.25, 0.3) is 0 Å². The number of rotatable bonds is 1. The van der Waals surface area contributed by atoms with Crippen molar-refractivity contribution in [3.63, 3.8) is 0 Å². The van der Waals surface area contributed by atoms with Crippen LogP contribution in [0.3, 0.4) is 0 Å². The van der Waals surface area contributed by atoms with Gasteiger partial charge in [0.25, 0.3) is 0 Å². The zero-order valence-corrected chi connectivity index (χ0v) is 8.04. The third-order valence-corrected chi connectivity index (χ3v) is 2.56. The zero-order chi connectivity index (χ0) is 9.26. The molecule has 0 saturated carbocycles. The summed E-state index contributed by atoms with van der Waals surface area (Å²) in [5, 5.41) is 0.705. The predicted octanol–water partition coefficient (Wildman–Crippen LogP) is 1.27. The molecular weight excluding hydrogens is 186 g/mol. The minimum Gasteiger partial charge on any atom is -0.354 e. The normalized spacial score (nSPS) is 22.3. The van der Waals surface area contributed by atoms with E-state index in [0.29, 0.717) is 5.02 Å². The van der Waals surface area contributed by atoms with E-state index in [-0.39, 0.29) is 6.04 Å². The maximum Gasteiger partial charge on any atom is 0.147 e. The van der Waals surface area contributed by atoms with Gasteiger partial charge in [-0.05, 0) is 18.6 Å². The molecule has 0 unspecified atom stereocenters. The Morgan fingerprint density at radius 2 is 2.46 bits per heavy atom. The number of anilines is 1. The Kier molecular flexibility index (Phi) is 2.38. The lowest BCUT2D eigenvalue weighted by atomic mass is 10.3. The van der Waals surface area contributed by atoms with Gasteiger partial charge in [-0.15, -0.1) is 0 Å². The Balaban J connectivity index is 2.21. The third kappa shape index (κ3) is 1.76. The number of halogens is 1. The van der Waals surface area contributed by atoms with Crippen molar-refractivity contribution < 1.29 is 0 Å². The fraction of sp³-hybridized carbons (Fsp3) is 0.444. The molecule has 4 heteroatoms. The molecule has 0 aromatic carbocycles. The molecule has 0 aliphatic carbocycles. The van der Waals surface area contributed by atoms with Gasteiger partial charge in [-0.2, -0.15) is 0 Å². The largest absolute Gasteiger partial charge is 0.354 e. The number of aromatic nitrogens is 1. The number of nitrogens with two attached hydrogens (primary N) is 1. The second kappa shape index (κ2) is 3.52. The zero-order valence-electron chi connectivity index (χ0n) is 7.28. The molecule has 1 fully saturated rings. The molecule has 1 aliphatic heterocycles. The lowest BCUT2D eigenvalue weighted by Gasteiger charge is -2.17. The summed E-state index contributed by atoms with van der Waals surface area (Å²) >= 11 is 6.01. The molecule has 0 bridgehead atoms. The van der Waals surface area contributed by atoms with Gasteiger partial charge in [-0.3, -0.25) is 0 Å². The van der Waals surface area contributed by atoms with E-state index in [4.69, 9.17) is 17.3 Å². The standard InChI is InChI=1S/C9H12ClN3/c10-8-2-1-4-12-9(8)13-5-3-7(11)6-13/h1-2,4,7H,3,5-6,11H2/t7-/m0/s1. The average molecular weight is 198 g/mol. The number of pyridine rings is 1. The Bertz CT molecular complexity index is 303. The summed E-state index contributed by atoms with van der Waals surface area (Å²) in [5.41, 5.74) is 5.80. The van der Waals surface area contributed by atoms with Crippen LogP contribution in [-0.2, 0) is 0 Å². The number of hydrogen-bond acceptors (Lipinski definition) is 3. The maximum absolute atomic E-state index is 6.01. The Hall–Kier alpha value is -0.800. The van der Waals surface area contributed by atoms with Crippen molar-refractivity contribution in [3.8, 4) is 0 Å². The number of hydrogen-bond donors (Lipinski definition) is 1. The van der Waals surface area contributed by atoms with Gasteiger partial charge in [-0.1, -0.05) is 11.6 Å². The topological polar surface area (TPSA) is 42.1 Å². The van der Waals surface area contributed by atoms with Gasteiger partial charge in [-0.25, -0.2) is 4.98 Å². The first-order valence-corrected chi connectivity index (χ1v) is 4.76. The van der Waals surface area contributed by atoms with Crippen LogP contribution in [0, 0.1) is 0 Å². The van der Waals surface area contributed by atoms with Crippen LogP contribution in [0.5, 0.6) is 0 Å². The molecule has 2 rings (SSSR count). The minimum absolute atomic E-state index is 0.262. The van der Waals surface area contributed by atoms with Gasteiger partial charge in [0.05, 0.1) is 5.02 Å². The molecule has 1 atom stereocenters. The minimum atomic E-state index is 0.262. The SMILES string of the molecule is N[C@H]1CCN(c2ncccc2Cl)C1. The second-order valence-corrected chi connectivity index (χ2v) is 3.71. The van der Waals surface area contributed by atoms with Crippen LogP contribution in [0.1, 0.15) is 6.42 Å². The fourth-order valence-corrected chi connectivity index (χ4v) is 1.83. The second-order valence-electron chi connectivity index (χ2n) is 3.30. The smallest absolute Gasteiger partial charge is 0.147 e. The maximum atomic E-state index is 6.01. The van der Waals surface area contributed by atoms with Crippen molar-refractivity contribution in [3.05, 3.63) is 23.4 Å². The van der Waals surface area contributed by atoms with Gasteiger partial charge in [0.1, 0.15) is 5.82 Å². The van der Waals surface area contributed by atoms with Crippen LogP contribution in [-0.4, -0.2) is 24.1 Å². The molecule has 2 heterocycles. The first kappa shape index (κ1) is 8.78. The van der Waals surface area contributed by atoms with Crippen LogP contribution in [0.15, 0.2) is 18.3 Å². The van der Waals surface area contributed by atoms with E-state index in [1.165, 1.54) is 0 Å². The van der Waals surface area contributed by atoms with Crippen molar-refractivity contribution in [2.45, 2.75) is 12.5 Å².